The van der Waals surface area contributed by atoms with Gasteiger partial charge in [0.2, 0.25) is 0 Å². The molecule has 1 saturated heterocycles. The van der Waals surface area contributed by atoms with Crippen molar-refractivity contribution >= 4 is 5.96 Å². The first-order valence-corrected chi connectivity index (χ1v) is 9.04. The second-order valence-electron chi connectivity index (χ2n) is 6.13. The standard InChI is InChI=1S/C17H36N4/c1-4-6-12-19-17(18-5-2)20-13-8-10-15-21-14-9-7-11-16(21)3/h16H,4-15H2,1-3H3,(H2,18,19,20). The highest BCUT2D eigenvalue weighted by Gasteiger charge is 2.16. The van der Waals surface area contributed by atoms with E-state index in [1.54, 1.807) is 0 Å². The Bertz CT molecular complexity index is 278. The fourth-order valence-corrected chi connectivity index (χ4v) is 2.83. The summed E-state index contributed by atoms with van der Waals surface area (Å²) in [5.41, 5.74) is 0. The predicted octanol–water partition coefficient (Wildman–Crippen LogP) is 3.00. The SMILES string of the molecule is CCCCNC(=NCCCCN1CCCCC1C)NCC. The van der Waals surface area contributed by atoms with Crippen LogP contribution in [0.1, 0.15) is 65.7 Å². The number of piperidine rings is 1. The minimum Gasteiger partial charge on any atom is -0.357 e. The van der Waals surface area contributed by atoms with Gasteiger partial charge in [0.1, 0.15) is 0 Å². The van der Waals surface area contributed by atoms with Crippen molar-refractivity contribution in [2.24, 2.45) is 4.99 Å². The Morgan fingerprint density at radius 3 is 2.71 bits per heavy atom. The van der Waals surface area contributed by atoms with E-state index in [1.165, 1.54) is 58.0 Å². The van der Waals surface area contributed by atoms with Gasteiger partial charge in [0.15, 0.2) is 5.96 Å². The molecule has 21 heavy (non-hydrogen) atoms. The first-order chi connectivity index (χ1) is 10.3. The van der Waals surface area contributed by atoms with E-state index >= 15 is 0 Å². The molecule has 1 rings (SSSR count). The van der Waals surface area contributed by atoms with Crippen LogP contribution < -0.4 is 10.6 Å². The van der Waals surface area contributed by atoms with Crippen LogP contribution in [-0.4, -0.2) is 49.6 Å². The van der Waals surface area contributed by atoms with Crippen molar-refractivity contribution < 1.29 is 0 Å². The number of guanidine groups is 1. The van der Waals surface area contributed by atoms with Crippen molar-refractivity contribution in [3.8, 4) is 0 Å². The zero-order valence-corrected chi connectivity index (χ0v) is 14.5. The van der Waals surface area contributed by atoms with Crippen LogP contribution in [0.5, 0.6) is 0 Å². The summed E-state index contributed by atoms with van der Waals surface area (Å²) in [6, 6.07) is 0.787. The molecule has 0 spiro atoms. The average molecular weight is 297 g/mol. The second-order valence-corrected chi connectivity index (χ2v) is 6.13. The normalized spacial score (nSPS) is 20.5. The zero-order valence-electron chi connectivity index (χ0n) is 14.5. The number of hydrogen-bond donors (Lipinski definition) is 2. The fourth-order valence-electron chi connectivity index (χ4n) is 2.83. The van der Waals surface area contributed by atoms with E-state index in [1.807, 2.05) is 0 Å². The summed E-state index contributed by atoms with van der Waals surface area (Å²) < 4.78 is 0. The van der Waals surface area contributed by atoms with Crippen LogP contribution in [0.4, 0.5) is 0 Å². The Morgan fingerprint density at radius 2 is 2.00 bits per heavy atom. The maximum atomic E-state index is 4.66. The Morgan fingerprint density at radius 1 is 1.14 bits per heavy atom. The molecule has 1 atom stereocenters. The van der Waals surface area contributed by atoms with Gasteiger partial charge >= 0.3 is 0 Å². The van der Waals surface area contributed by atoms with Crippen LogP contribution >= 0.6 is 0 Å². The van der Waals surface area contributed by atoms with Crippen molar-refractivity contribution in [3.63, 3.8) is 0 Å². The molecule has 4 heteroatoms. The molecule has 0 amide bonds. The van der Waals surface area contributed by atoms with Crippen molar-refractivity contribution in [1.29, 1.82) is 0 Å². The lowest BCUT2D eigenvalue weighted by molar-refractivity contribution is 0.158. The topological polar surface area (TPSA) is 39.7 Å². The van der Waals surface area contributed by atoms with Crippen molar-refractivity contribution in [3.05, 3.63) is 0 Å². The number of aliphatic imine (C=N–C) groups is 1. The molecular formula is C17H36N4. The van der Waals surface area contributed by atoms with Crippen LogP contribution in [-0.2, 0) is 0 Å². The van der Waals surface area contributed by atoms with E-state index in [2.05, 4.69) is 41.3 Å². The van der Waals surface area contributed by atoms with Gasteiger partial charge in [0.05, 0.1) is 0 Å². The van der Waals surface area contributed by atoms with Gasteiger partial charge in [-0.05, 0) is 59.0 Å². The third kappa shape index (κ3) is 8.30. The molecule has 0 aromatic rings. The lowest BCUT2D eigenvalue weighted by Gasteiger charge is -2.33. The number of nitrogens with one attached hydrogen (secondary N) is 2. The minimum absolute atomic E-state index is 0.787. The van der Waals surface area contributed by atoms with E-state index in [-0.39, 0.29) is 0 Å². The zero-order chi connectivity index (χ0) is 15.3. The molecule has 1 aliphatic rings. The van der Waals surface area contributed by atoms with Crippen LogP contribution in [0.25, 0.3) is 0 Å². The van der Waals surface area contributed by atoms with Crippen LogP contribution in [0.3, 0.4) is 0 Å². The maximum absolute atomic E-state index is 4.66. The molecular weight excluding hydrogens is 260 g/mol. The van der Waals surface area contributed by atoms with E-state index in [0.29, 0.717) is 0 Å². The third-order valence-electron chi connectivity index (χ3n) is 4.23. The molecule has 124 valence electrons. The summed E-state index contributed by atoms with van der Waals surface area (Å²) in [5, 5.41) is 6.71. The summed E-state index contributed by atoms with van der Waals surface area (Å²) in [6.45, 7) is 12.1. The van der Waals surface area contributed by atoms with Gasteiger partial charge in [-0.2, -0.15) is 0 Å². The number of unbranched alkanes of at least 4 members (excludes halogenated alkanes) is 2. The molecule has 0 aromatic heterocycles. The molecule has 0 saturated carbocycles. The smallest absolute Gasteiger partial charge is 0.191 e. The number of rotatable bonds is 9. The van der Waals surface area contributed by atoms with E-state index < -0.39 is 0 Å². The first-order valence-electron chi connectivity index (χ1n) is 9.04. The molecule has 0 radical (unpaired) electrons. The van der Waals surface area contributed by atoms with Crippen LogP contribution in [0.15, 0.2) is 4.99 Å². The molecule has 1 unspecified atom stereocenters. The van der Waals surface area contributed by atoms with E-state index in [0.717, 1.165) is 31.6 Å². The molecule has 4 nitrogen and oxygen atoms in total. The molecule has 1 aliphatic heterocycles. The number of hydrogen-bond acceptors (Lipinski definition) is 2. The maximum Gasteiger partial charge on any atom is 0.191 e. The highest BCUT2D eigenvalue weighted by molar-refractivity contribution is 5.79. The highest BCUT2D eigenvalue weighted by Crippen LogP contribution is 2.16. The average Bonchev–Trinajstić information content (AvgIpc) is 2.49. The van der Waals surface area contributed by atoms with Gasteiger partial charge in [-0.15, -0.1) is 0 Å². The predicted molar refractivity (Wildman–Crippen MR) is 93.0 cm³/mol. The van der Waals surface area contributed by atoms with Gasteiger partial charge in [0, 0.05) is 25.7 Å². The second kappa shape index (κ2) is 11.8. The summed E-state index contributed by atoms with van der Waals surface area (Å²) in [7, 11) is 0. The van der Waals surface area contributed by atoms with Crippen molar-refractivity contribution in [2.75, 3.05) is 32.7 Å². The fraction of sp³-hybridized carbons (Fsp3) is 0.941. The monoisotopic (exact) mass is 296 g/mol. The Labute approximate surface area is 131 Å². The van der Waals surface area contributed by atoms with Gasteiger partial charge in [-0.1, -0.05) is 19.8 Å². The Hall–Kier alpha value is -0.770. The van der Waals surface area contributed by atoms with Gasteiger partial charge in [-0.3, -0.25) is 4.99 Å². The minimum atomic E-state index is 0.787. The van der Waals surface area contributed by atoms with Gasteiger partial charge in [0.25, 0.3) is 0 Å². The van der Waals surface area contributed by atoms with Crippen LogP contribution in [0.2, 0.25) is 0 Å². The van der Waals surface area contributed by atoms with Gasteiger partial charge in [-0.25, -0.2) is 0 Å². The Kier molecular flexibility index (Phi) is 10.3. The first kappa shape index (κ1) is 18.3. The largest absolute Gasteiger partial charge is 0.357 e. The number of nitrogens with zero attached hydrogens (tertiary/aromatic N) is 2. The molecule has 2 N–H and O–H groups in total. The Balaban J connectivity index is 2.14. The summed E-state index contributed by atoms with van der Waals surface area (Å²) in [5.74, 6) is 0.984. The third-order valence-corrected chi connectivity index (χ3v) is 4.23. The molecule has 0 aromatic carbocycles. The lowest BCUT2D eigenvalue weighted by atomic mass is 10.0. The number of likely N-dealkylation sites (tertiary alicyclic amines) is 1. The van der Waals surface area contributed by atoms with Gasteiger partial charge < -0.3 is 15.5 Å². The summed E-state index contributed by atoms with van der Waals surface area (Å²) in [6.07, 6.45) is 9.06. The summed E-state index contributed by atoms with van der Waals surface area (Å²) >= 11 is 0. The molecule has 0 bridgehead atoms. The molecule has 1 heterocycles. The van der Waals surface area contributed by atoms with Crippen molar-refractivity contribution in [1.82, 2.24) is 15.5 Å². The molecule has 1 fully saturated rings. The lowest BCUT2D eigenvalue weighted by Crippen LogP contribution is -2.38. The van der Waals surface area contributed by atoms with Crippen LogP contribution in [0, 0.1) is 0 Å². The highest BCUT2D eigenvalue weighted by atomic mass is 15.2. The van der Waals surface area contributed by atoms with Crippen molar-refractivity contribution in [2.45, 2.75) is 71.8 Å². The van der Waals surface area contributed by atoms with E-state index in [4.69, 9.17) is 0 Å². The summed E-state index contributed by atoms with van der Waals surface area (Å²) in [4.78, 5) is 7.31. The van der Waals surface area contributed by atoms with E-state index in [9.17, 15) is 0 Å². The quantitative estimate of drug-likeness (QED) is 0.390. The molecule has 0 aliphatic carbocycles.